The highest BCUT2D eigenvalue weighted by molar-refractivity contribution is 7.99. The summed E-state index contributed by atoms with van der Waals surface area (Å²) >= 11 is 2.07. The largest absolute Gasteiger partial charge is 0.378 e. The van der Waals surface area contributed by atoms with Gasteiger partial charge < -0.3 is 10.5 Å². The molecule has 0 amide bonds. The van der Waals surface area contributed by atoms with Gasteiger partial charge in [-0.2, -0.15) is 11.8 Å². The average molecular weight is 258 g/mol. The Hall–Kier alpha value is 0.230. The van der Waals surface area contributed by atoms with Crippen molar-refractivity contribution in [1.29, 1.82) is 0 Å². The van der Waals surface area contributed by atoms with Gasteiger partial charge in [0.1, 0.15) is 0 Å². The maximum atomic E-state index is 6.14. The van der Waals surface area contributed by atoms with Gasteiger partial charge in [-0.1, -0.05) is 6.92 Å². The van der Waals surface area contributed by atoms with Gasteiger partial charge in [0, 0.05) is 42.8 Å². The van der Waals surface area contributed by atoms with Crippen LogP contribution in [-0.4, -0.2) is 53.8 Å². The number of hydrogen-bond donors (Lipinski definition) is 1. The summed E-state index contributed by atoms with van der Waals surface area (Å²) in [6.07, 6.45) is 3.75. The van der Waals surface area contributed by atoms with E-state index in [2.05, 4.69) is 30.5 Å². The highest BCUT2D eigenvalue weighted by atomic mass is 32.2. The minimum Gasteiger partial charge on any atom is -0.378 e. The van der Waals surface area contributed by atoms with Crippen molar-refractivity contribution in [2.45, 2.75) is 50.8 Å². The van der Waals surface area contributed by atoms with Gasteiger partial charge in [0.2, 0.25) is 0 Å². The molecule has 3 nitrogen and oxygen atoms in total. The van der Waals surface area contributed by atoms with Gasteiger partial charge in [-0.15, -0.1) is 0 Å². The molecular formula is C13H26N2OS. The summed E-state index contributed by atoms with van der Waals surface area (Å²) in [6.45, 7) is 7.42. The molecule has 3 atom stereocenters. The Balaban J connectivity index is 2.11. The zero-order valence-electron chi connectivity index (χ0n) is 11.2. The molecule has 17 heavy (non-hydrogen) atoms. The molecule has 0 aliphatic carbocycles. The number of rotatable bonds is 3. The Bertz CT molecular complexity index is 252. The molecule has 4 heteroatoms. The van der Waals surface area contributed by atoms with Gasteiger partial charge in [0.25, 0.3) is 0 Å². The van der Waals surface area contributed by atoms with Gasteiger partial charge in [0.05, 0.1) is 6.10 Å². The lowest BCUT2D eigenvalue weighted by molar-refractivity contribution is -0.0794. The van der Waals surface area contributed by atoms with Crippen molar-refractivity contribution >= 4 is 11.8 Å². The predicted octanol–water partition coefficient (Wildman–Crippen LogP) is 1.71. The van der Waals surface area contributed by atoms with Crippen molar-refractivity contribution in [2.24, 2.45) is 5.73 Å². The van der Waals surface area contributed by atoms with Gasteiger partial charge in [-0.05, 0) is 26.2 Å². The lowest BCUT2D eigenvalue weighted by Crippen LogP contribution is -2.63. The summed E-state index contributed by atoms with van der Waals surface area (Å²) in [5.74, 6) is 2.50. The predicted molar refractivity (Wildman–Crippen MR) is 74.5 cm³/mol. The van der Waals surface area contributed by atoms with Crippen LogP contribution in [0, 0.1) is 0 Å². The molecule has 3 unspecified atom stereocenters. The van der Waals surface area contributed by atoms with Crippen LogP contribution in [0.15, 0.2) is 0 Å². The summed E-state index contributed by atoms with van der Waals surface area (Å²) in [4.78, 5) is 2.68. The van der Waals surface area contributed by atoms with E-state index in [9.17, 15) is 0 Å². The minimum atomic E-state index is 0.208. The monoisotopic (exact) mass is 258 g/mol. The second-order valence-electron chi connectivity index (χ2n) is 5.40. The Labute approximate surface area is 109 Å². The minimum absolute atomic E-state index is 0.208. The zero-order valence-corrected chi connectivity index (χ0v) is 12.0. The number of ether oxygens (including phenoxy) is 1. The van der Waals surface area contributed by atoms with Crippen LogP contribution >= 0.6 is 11.8 Å². The molecule has 0 saturated carbocycles. The zero-order chi connectivity index (χ0) is 12.3. The van der Waals surface area contributed by atoms with E-state index in [-0.39, 0.29) is 5.54 Å². The highest BCUT2D eigenvalue weighted by Crippen LogP contribution is 2.35. The molecule has 2 aliphatic heterocycles. The molecule has 2 aliphatic rings. The molecule has 0 bridgehead atoms. The summed E-state index contributed by atoms with van der Waals surface area (Å²) in [5.41, 5.74) is 6.35. The Morgan fingerprint density at radius 2 is 2.35 bits per heavy atom. The van der Waals surface area contributed by atoms with Crippen LogP contribution in [0.2, 0.25) is 0 Å². The highest BCUT2D eigenvalue weighted by Gasteiger charge is 2.42. The van der Waals surface area contributed by atoms with Crippen molar-refractivity contribution in [3.05, 3.63) is 0 Å². The van der Waals surface area contributed by atoms with Crippen LogP contribution in [0.1, 0.15) is 33.1 Å². The molecule has 0 radical (unpaired) electrons. The summed E-state index contributed by atoms with van der Waals surface area (Å²) in [6, 6.07) is 0.660. The summed E-state index contributed by atoms with van der Waals surface area (Å²) in [5, 5.41) is 0. The Morgan fingerprint density at radius 3 is 3.00 bits per heavy atom. The Morgan fingerprint density at radius 1 is 1.53 bits per heavy atom. The molecular weight excluding hydrogens is 232 g/mol. The molecule has 0 aromatic carbocycles. The van der Waals surface area contributed by atoms with E-state index in [1.807, 2.05) is 0 Å². The maximum absolute atomic E-state index is 6.14. The number of nitrogens with zero attached hydrogens (tertiary/aromatic N) is 1. The lowest BCUT2D eigenvalue weighted by atomic mass is 9.83. The average Bonchev–Trinajstić information content (AvgIpc) is 2.39. The maximum Gasteiger partial charge on any atom is 0.0590 e. The number of thioether (sulfide) groups is 1. The van der Waals surface area contributed by atoms with Crippen LogP contribution in [0.25, 0.3) is 0 Å². The fraction of sp³-hybridized carbons (Fsp3) is 1.00. The van der Waals surface area contributed by atoms with Crippen molar-refractivity contribution in [3.63, 3.8) is 0 Å². The summed E-state index contributed by atoms with van der Waals surface area (Å²) < 4.78 is 5.82. The quantitative estimate of drug-likeness (QED) is 0.836. The number of nitrogens with two attached hydrogens (primary N) is 1. The van der Waals surface area contributed by atoms with Crippen molar-refractivity contribution < 1.29 is 4.74 Å². The van der Waals surface area contributed by atoms with Crippen molar-refractivity contribution in [2.75, 3.05) is 31.2 Å². The lowest BCUT2D eigenvalue weighted by Gasteiger charge is -2.52. The molecule has 2 rings (SSSR count). The number of hydrogen-bond acceptors (Lipinski definition) is 4. The topological polar surface area (TPSA) is 38.5 Å². The molecule has 100 valence electrons. The molecule has 2 saturated heterocycles. The fourth-order valence-corrected chi connectivity index (χ4v) is 4.27. The first-order chi connectivity index (χ1) is 8.22. The normalized spacial score (nSPS) is 40.4. The van der Waals surface area contributed by atoms with Gasteiger partial charge in [-0.25, -0.2) is 0 Å². The summed E-state index contributed by atoms with van der Waals surface area (Å²) in [7, 11) is 0. The van der Waals surface area contributed by atoms with E-state index >= 15 is 0 Å². The van der Waals surface area contributed by atoms with E-state index in [0.717, 1.165) is 32.4 Å². The van der Waals surface area contributed by atoms with E-state index in [0.29, 0.717) is 12.1 Å². The first kappa shape index (κ1) is 13.7. The van der Waals surface area contributed by atoms with Crippen LogP contribution in [0.5, 0.6) is 0 Å². The molecule has 2 N–H and O–H groups in total. The molecule has 0 aromatic heterocycles. The van der Waals surface area contributed by atoms with E-state index in [4.69, 9.17) is 10.5 Å². The Kier molecular flexibility index (Phi) is 4.75. The fourth-order valence-electron chi connectivity index (χ4n) is 3.26. The standard InChI is InChI=1S/C13H26N2OS/c1-3-12-8-13(10-14,4-6-16-12)15-5-7-17-9-11(15)2/h11-12H,3-10,14H2,1-2H3. The third-order valence-corrected chi connectivity index (χ3v) is 5.53. The molecule has 0 aromatic rings. The molecule has 2 heterocycles. The van der Waals surface area contributed by atoms with Crippen LogP contribution < -0.4 is 5.73 Å². The second kappa shape index (κ2) is 5.91. The van der Waals surface area contributed by atoms with E-state index < -0.39 is 0 Å². The van der Waals surface area contributed by atoms with E-state index in [1.165, 1.54) is 18.1 Å². The SMILES string of the molecule is CCC1CC(CN)(N2CCSCC2C)CCO1. The van der Waals surface area contributed by atoms with Crippen molar-refractivity contribution in [1.82, 2.24) is 4.90 Å². The smallest absolute Gasteiger partial charge is 0.0590 e. The third kappa shape index (κ3) is 2.80. The van der Waals surface area contributed by atoms with Gasteiger partial charge in [0.15, 0.2) is 0 Å². The van der Waals surface area contributed by atoms with Gasteiger partial charge in [-0.3, -0.25) is 4.90 Å². The van der Waals surface area contributed by atoms with E-state index in [1.54, 1.807) is 0 Å². The first-order valence-corrected chi connectivity index (χ1v) is 8.03. The van der Waals surface area contributed by atoms with Crippen molar-refractivity contribution in [3.8, 4) is 0 Å². The van der Waals surface area contributed by atoms with Crippen LogP contribution in [-0.2, 0) is 4.74 Å². The first-order valence-electron chi connectivity index (χ1n) is 6.88. The van der Waals surface area contributed by atoms with Crippen LogP contribution in [0.4, 0.5) is 0 Å². The second-order valence-corrected chi connectivity index (χ2v) is 6.55. The molecule has 0 spiro atoms. The van der Waals surface area contributed by atoms with Gasteiger partial charge >= 0.3 is 0 Å². The third-order valence-electron chi connectivity index (χ3n) is 4.34. The molecule has 2 fully saturated rings. The van der Waals surface area contributed by atoms with Crippen LogP contribution in [0.3, 0.4) is 0 Å².